The van der Waals surface area contributed by atoms with Gasteiger partial charge < -0.3 is 9.47 Å². The fourth-order valence-corrected chi connectivity index (χ4v) is 0.758. The molecule has 0 N–H and O–H groups in total. The lowest BCUT2D eigenvalue weighted by atomic mass is 10.1. The molecule has 0 saturated heterocycles. The van der Waals surface area contributed by atoms with E-state index in [0.29, 0.717) is 19.6 Å². The molecule has 12 heavy (non-hydrogen) atoms. The van der Waals surface area contributed by atoms with E-state index in [9.17, 15) is 4.79 Å². The van der Waals surface area contributed by atoms with Crippen molar-refractivity contribution in [3.63, 3.8) is 0 Å². The van der Waals surface area contributed by atoms with Crippen molar-refractivity contribution in [2.45, 2.75) is 39.7 Å². The summed E-state index contributed by atoms with van der Waals surface area (Å²) in [5.41, 5.74) is -0.497. The molecule has 0 saturated carbocycles. The Labute approximate surface area is 74.0 Å². The number of carbonyl (C=O) groups is 1. The summed E-state index contributed by atoms with van der Waals surface area (Å²) in [5, 5.41) is 0. The molecule has 3 heteroatoms. The lowest BCUT2D eigenvalue weighted by Gasteiger charge is -2.24. The van der Waals surface area contributed by atoms with Gasteiger partial charge in [-0.15, -0.1) is 0 Å². The zero-order valence-electron chi connectivity index (χ0n) is 8.35. The standard InChI is InChI=1S/C9H18O3/c1-5-8(10)12-9(3,4)7-11-6-2/h5-7H2,1-4H3. The minimum atomic E-state index is -0.497. The molecule has 0 fully saturated rings. The fraction of sp³-hybridized carbons (Fsp3) is 0.889. The molecule has 0 spiro atoms. The summed E-state index contributed by atoms with van der Waals surface area (Å²) >= 11 is 0. The smallest absolute Gasteiger partial charge is 0.306 e. The molecule has 0 atom stereocenters. The molecule has 0 radical (unpaired) electrons. The van der Waals surface area contributed by atoms with Crippen LogP contribution in [0.3, 0.4) is 0 Å². The Hall–Kier alpha value is -0.570. The van der Waals surface area contributed by atoms with Gasteiger partial charge in [0.1, 0.15) is 5.60 Å². The minimum Gasteiger partial charge on any atom is -0.457 e. The van der Waals surface area contributed by atoms with Crippen molar-refractivity contribution in [1.82, 2.24) is 0 Å². The van der Waals surface area contributed by atoms with Gasteiger partial charge in [0.2, 0.25) is 0 Å². The average molecular weight is 174 g/mol. The lowest BCUT2D eigenvalue weighted by Crippen LogP contribution is -2.33. The van der Waals surface area contributed by atoms with Gasteiger partial charge >= 0.3 is 5.97 Å². The van der Waals surface area contributed by atoms with E-state index >= 15 is 0 Å². The summed E-state index contributed by atoms with van der Waals surface area (Å²) in [5.74, 6) is -0.181. The van der Waals surface area contributed by atoms with Crippen molar-refractivity contribution in [3.8, 4) is 0 Å². The Morgan fingerprint density at radius 3 is 2.33 bits per heavy atom. The van der Waals surface area contributed by atoms with Crippen LogP contribution in [0.5, 0.6) is 0 Å². The first-order valence-electron chi connectivity index (χ1n) is 4.31. The molecule has 0 heterocycles. The van der Waals surface area contributed by atoms with Crippen molar-refractivity contribution in [1.29, 1.82) is 0 Å². The first-order valence-corrected chi connectivity index (χ1v) is 4.31. The Morgan fingerprint density at radius 2 is 1.92 bits per heavy atom. The van der Waals surface area contributed by atoms with E-state index in [2.05, 4.69) is 0 Å². The van der Waals surface area contributed by atoms with Crippen LogP contribution in [-0.4, -0.2) is 24.8 Å². The molecule has 3 nitrogen and oxygen atoms in total. The van der Waals surface area contributed by atoms with Crippen LogP contribution >= 0.6 is 0 Å². The topological polar surface area (TPSA) is 35.5 Å². The highest BCUT2D eigenvalue weighted by Crippen LogP contribution is 2.10. The van der Waals surface area contributed by atoms with Crippen LogP contribution in [0, 0.1) is 0 Å². The maximum Gasteiger partial charge on any atom is 0.306 e. The molecular weight excluding hydrogens is 156 g/mol. The first-order chi connectivity index (χ1) is 5.52. The fourth-order valence-electron chi connectivity index (χ4n) is 0.758. The van der Waals surface area contributed by atoms with E-state index in [1.807, 2.05) is 20.8 Å². The second-order valence-corrected chi connectivity index (χ2v) is 3.22. The number of hydrogen-bond donors (Lipinski definition) is 0. The van der Waals surface area contributed by atoms with Gasteiger partial charge in [-0.05, 0) is 20.8 Å². The molecule has 0 aliphatic carbocycles. The van der Waals surface area contributed by atoms with Crippen LogP contribution in [0.15, 0.2) is 0 Å². The summed E-state index contributed by atoms with van der Waals surface area (Å²) in [6.07, 6.45) is 0.412. The van der Waals surface area contributed by atoms with E-state index in [1.165, 1.54) is 0 Å². The zero-order valence-corrected chi connectivity index (χ0v) is 8.35. The Morgan fingerprint density at radius 1 is 1.33 bits per heavy atom. The van der Waals surface area contributed by atoms with Gasteiger partial charge in [-0.25, -0.2) is 0 Å². The van der Waals surface area contributed by atoms with Gasteiger partial charge in [0.25, 0.3) is 0 Å². The van der Waals surface area contributed by atoms with Crippen molar-refractivity contribution in [2.75, 3.05) is 13.2 Å². The zero-order chi connectivity index (χ0) is 9.61. The summed E-state index contributed by atoms with van der Waals surface area (Å²) in [6, 6.07) is 0. The Kier molecular flexibility index (Phi) is 4.90. The van der Waals surface area contributed by atoms with Gasteiger partial charge in [0.15, 0.2) is 0 Å². The normalized spacial score (nSPS) is 11.3. The summed E-state index contributed by atoms with van der Waals surface area (Å²) in [4.78, 5) is 10.9. The molecule has 0 bridgehead atoms. The first kappa shape index (κ1) is 11.4. The van der Waals surface area contributed by atoms with Crippen molar-refractivity contribution >= 4 is 5.97 Å². The molecule has 0 aliphatic heterocycles. The van der Waals surface area contributed by atoms with Gasteiger partial charge in [-0.2, -0.15) is 0 Å². The highest BCUT2D eigenvalue weighted by molar-refractivity contribution is 5.69. The van der Waals surface area contributed by atoms with Crippen LogP contribution in [0.25, 0.3) is 0 Å². The molecule has 0 aliphatic rings. The van der Waals surface area contributed by atoms with Crippen molar-refractivity contribution in [3.05, 3.63) is 0 Å². The number of rotatable bonds is 5. The van der Waals surface area contributed by atoms with E-state index in [4.69, 9.17) is 9.47 Å². The number of esters is 1. The third-order valence-corrected chi connectivity index (χ3v) is 1.33. The van der Waals surface area contributed by atoms with Crippen molar-refractivity contribution in [2.24, 2.45) is 0 Å². The monoisotopic (exact) mass is 174 g/mol. The quantitative estimate of drug-likeness (QED) is 0.596. The summed E-state index contributed by atoms with van der Waals surface area (Å²) < 4.78 is 10.3. The highest BCUT2D eigenvalue weighted by Gasteiger charge is 2.21. The molecule has 0 aromatic heterocycles. The third kappa shape index (κ3) is 5.13. The molecule has 0 rings (SSSR count). The molecule has 0 aromatic carbocycles. The van der Waals surface area contributed by atoms with E-state index in [0.717, 1.165) is 0 Å². The molecule has 0 amide bonds. The Bertz CT molecular complexity index is 141. The maximum absolute atomic E-state index is 10.9. The van der Waals surface area contributed by atoms with Crippen LogP contribution in [0.1, 0.15) is 34.1 Å². The SMILES string of the molecule is CCOCC(C)(C)OC(=O)CC. The minimum absolute atomic E-state index is 0.181. The van der Waals surface area contributed by atoms with Gasteiger partial charge in [-0.1, -0.05) is 6.92 Å². The summed E-state index contributed by atoms with van der Waals surface area (Å²) in [7, 11) is 0. The third-order valence-electron chi connectivity index (χ3n) is 1.33. The average Bonchev–Trinajstić information content (AvgIpc) is 2.00. The number of hydrogen-bond acceptors (Lipinski definition) is 3. The molecule has 0 aromatic rings. The predicted octanol–water partition coefficient (Wildman–Crippen LogP) is 1.75. The van der Waals surface area contributed by atoms with Crippen LogP contribution in [0.2, 0.25) is 0 Å². The predicted molar refractivity (Wildman–Crippen MR) is 47.0 cm³/mol. The van der Waals surface area contributed by atoms with Gasteiger partial charge in [0.05, 0.1) is 6.61 Å². The van der Waals surface area contributed by atoms with Crippen LogP contribution < -0.4 is 0 Å². The van der Waals surface area contributed by atoms with Crippen molar-refractivity contribution < 1.29 is 14.3 Å². The maximum atomic E-state index is 10.9. The van der Waals surface area contributed by atoms with Gasteiger partial charge in [-0.3, -0.25) is 4.79 Å². The highest BCUT2D eigenvalue weighted by atomic mass is 16.6. The summed E-state index contributed by atoms with van der Waals surface area (Å²) in [6.45, 7) is 8.48. The van der Waals surface area contributed by atoms with E-state index in [1.54, 1.807) is 6.92 Å². The molecular formula is C9H18O3. The van der Waals surface area contributed by atoms with Crippen LogP contribution in [0.4, 0.5) is 0 Å². The largest absolute Gasteiger partial charge is 0.457 e. The lowest BCUT2D eigenvalue weighted by molar-refractivity contribution is -0.161. The van der Waals surface area contributed by atoms with Gasteiger partial charge in [0, 0.05) is 13.0 Å². The van der Waals surface area contributed by atoms with Crippen LogP contribution in [-0.2, 0) is 14.3 Å². The second-order valence-electron chi connectivity index (χ2n) is 3.22. The van der Waals surface area contributed by atoms with E-state index in [-0.39, 0.29) is 5.97 Å². The molecule has 0 unspecified atom stereocenters. The Balaban J connectivity index is 3.77. The number of carbonyl (C=O) groups excluding carboxylic acids is 1. The van der Waals surface area contributed by atoms with E-state index < -0.39 is 5.60 Å². The second kappa shape index (κ2) is 5.14. The number of ether oxygens (including phenoxy) is 2. The molecule has 72 valence electrons.